The van der Waals surface area contributed by atoms with Gasteiger partial charge in [0.2, 0.25) is 11.8 Å². The molecule has 3 rings (SSSR count). The molecule has 1 N–H and O–H groups in total. The number of carbonyl (C=O) groups excluding carboxylic acids is 2. The zero-order valence-electron chi connectivity index (χ0n) is 17.6. The first kappa shape index (κ1) is 23.1. The van der Waals surface area contributed by atoms with Gasteiger partial charge in [0.15, 0.2) is 9.84 Å². The van der Waals surface area contributed by atoms with Crippen LogP contribution in [0.5, 0.6) is 5.75 Å². The summed E-state index contributed by atoms with van der Waals surface area (Å²) in [5, 5.41) is 2.99. The van der Waals surface area contributed by atoms with E-state index in [1.54, 1.807) is 36.1 Å². The average molecular weight is 465 g/mol. The number of nitrogens with one attached hydrogen (secondary N) is 1. The second kappa shape index (κ2) is 9.28. The lowest BCUT2D eigenvalue weighted by Crippen LogP contribution is -2.35. The Hall–Kier alpha value is -2.58. The fraction of sp³-hybridized carbons (Fsp3) is 0.364. The van der Waals surface area contributed by atoms with Gasteiger partial charge in [0.25, 0.3) is 0 Å². The molecular weight excluding hydrogens is 440 g/mol. The van der Waals surface area contributed by atoms with E-state index in [0.717, 1.165) is 11.3 Å². The number of nitrogens with zero attached hydrogens (tertiary/aromatic N) is 1. The van der Waals surface area contributed by atoms with Crippen molar-refractivity contribution >= 4 is 44.6 Å². The Morgan fingerprint density at radius 2 is 1.97 bits per heavy atom. The maximum Gasteiger partial charge on any atom is 0.226 e. The molecule has 1 aliphatic heterocycles. The molecule has 2 aromatic carbocycles. The lowest BCUT2D eigenvalue weighted by Gasteiger charge is -2.22. The van der Waals surface area contributed by atoms with Gasteiger partial charge in [-0.25, -0.2) is 8.42 Å². The van der Waals surface area contributed by atoms with Crippen LogP contribution >= 0.6 is 11.6 Å². The molecule has 7 nitrogen and oxygen atoms in total. The molecule has 0 aliphatic carbocycles. The molecule has 31 heavy (non-hydrogen) atoms. The number of rotatable bonds is 7. The largest absolute Gasteiger partial charge is 0.495 e. The third-order valence-corrected chi connectivity index (χ3v) is 7.24. The molecule has 0 fully saturated rings. The summed E-state index contributed by atoms with van der Waals surface area (Å²) in [5.41, 5.74) is 2.04. The summed E-state index contributed by atoms with van der Waals surface area (Å²) in [6, 6.07) is 9.57. The molecule has 2 amide bonds. The second-order valence-corrected chi connectivity index (χ2v) is 9.94. The van der Waals surface area contributed by atoms with Gasteiger partial charge in [-0.05, 0) is 55.3 Å². The topological polar surface area (TPSA) is 92.8 Å². The van der Waals surface area contributed by atoms with E-state index < -0.39 is 15.7 Å². The number of amides is 2. The predicted molar refractivity (Wildman–Crippen MR) is 121 cm³/mol. The van der Waals surface area contributed by atoms with Crippen molar-refractivity contribution in [3.63, 3.8) is 0 Å². The first-order valence-corrected chi connectivity index (χ1v) is 12.0. The molecule has 1 aliphatic rings. The first-order chi connectivity index (χ1) is 14.7. The minimum atomic E-state index is -3.66. The number of sulfone groups is 1. The number of methoxy groups -OCH3 is 1. The van der Waals surface area contributed by atoms with Crippen molar-refractivity contribution in [2.24, 2.45) is 0 Å². The molecule has 9 heteroatoms. The van der Waals surface area contributed by atoms with E-state index in [2.05, 4.69) is 5.32 Å². The fourth-order valence-electron chi connectivity index (χ4n) is 3.66. The minimum Gasteiger partial charge on any atom is -0.495 e. The highest BCUT2D eigenvalue weighted by molar-refractivity contribution is 7.91. The Kier molecular flexibility index (Phi) is 6.91. The monoisotopic (exact) mass is 464 g/mol. The number of halogens is 1. The number of hydrogen-bond acceptors (Lipinski definition) is 5. The quantitative estimate of drug-likeness (QED) is 0.672. The Morgan fingerprint density at radius 3 is 2.61 bits per heavy atom. The Labute approximate surface area is 187 Å². The van der Waals surface area contributed by atoms with Gasteiger partial charge in [0.1, 0.15) is 5.75 Å². The van der Waals surface area contributed by atoms with Crippen LogP contribution < -0.4 is 15.0 Å². The van der Waals surface area contributed by atoms with Gasteiger partial charge in [0.05, 0.1) is 22.8 Å². The first-order valence-electron chi connectivity index (χ1n) is 9.97. The summed E-state index contributed by atoms with van der Waals surface area (Å²) >= 11 is 6.04. The van der Waals surface area contributed by atoms with Gasteiger partial charge in [-0.1, -0.05) is 18.5 Å². The van der Waals surface area contributed by atoms with Crippen molar-refractivity contribution in [3.8, 4) is 5.75 Å². The normalized spacial score (nSPS) is 15.5. The molecule has 0 radical (unpaired) electrons. The molecule has 0 saturated carbocycles. The highest BCUT2D eigenvalue weighted by Gasteiger charge is 2.31. The molecule has 0 aromatic heterocycles. The number of ether oxygens (including phenoxy) is 1. The van der Waals surface area contributed by atoms with Gasteiger partial charge in [-0.15, -0.1) is 0 Å². The molecule has 1 heterocycles. The minimum absolute atomic E-state index is 0.0113. The van der Waals surface area contributed by atoms with Gasteiger partial charge in [-0.2, -0.15) is 0 Å². The third kappa shape index (κ3) is 5.02. The fourth-order valence-corrected chi connectivity index (χ4v) is 5.21. The smallest absolute Gasteiger partial charge is 0.226 e. The van der Waals surface area contributed by atoms with Gasteiger partial charge < -0.3 is 15.0 Å². The SMILES string of the molecule is CCC(=O)N1c2ccc(S(=O)(=O)CCC(=O)Nc3ccc(OC)c(Cl)c3)cc2C[C@@H]1C. The molecule has 0 unspecified atom stereocenters. The van der Waals surface area contributed by atoms with Crippen molar-refractivity contribution < 1.29 is 22.7 Å². The molecule has 0 spiro atoms. The maximum atomic E-state index is 12.8. The summed E-state index contributed by atoms with van der Waals surface area (Å²) < 4.78 is 30.6. The summed E-state index contributed by atoms with van der Waals surface area (Å²) in [6.45, 7) is 3.74. The number of hydrogen-bond donors (Lipinski definition) is 1. The van der Waals surface area contributed by atoms with Crippen molar-refractivity contribution in [2.45, 2.75) is 44.0 Å². The molecule has 0 saturated heterocycles. The van der Waals surface area contributed by atoms with E-state index >= 15 is 0 Å². The number of carbonyl (C=O) groups is 2. The number of anilines is 2. The van der Waals surface area contributed by atoms with Crippen LogP contribution in [-0.4, -0.2) is 39.1 Å². The van der Waals surface area contributed by atoms with Crippen LogP contribution in [0.15, 0.2) is 41.3 Å². The third-order valence-electron chi connectivity index (χ3n) is 5.23. The van der Waals surface area contributed by atoms with E-state index in [0.29, 0.717) is 29.3 Å². The van der Waals surface area contributed by atoms with E-state index in [4.69, 9.17) is 16.3 Å². The lowest BCUT2D eigenvalue weighted by atomic mass is 10.1. The average Bonchev–Trinajstić information content (AvgIpc) is 3.07. The van der Waals surface area contributed by atoms with Gasteiger partial charge in [-0.3, -0.25) is 9.59 Å². The van der Waals surface area contributed by atoms with Crippen LogP contribution in [0.4, 0.5) is 11.4 Å². The standard InChI is InChI=1S/C22H25ClN2O5S/c1-4-22(27)25-14(2)11-15-12-17(6-7-19(15)25)31(28,29)10-9-21(26)24-16-5-8-20(30-3)18(23)13-16/h5-8,12-14H,4,9-11H2,1-3H3,(H,24,26)/t14-/m0/s1. The zero-order chi connectivity index (χ0) is 22.8. The molecule has 166 valence electrons. The van der Waals surface area contributed by atoms with Gasteiger partial charge in [0, 0.05) is 30.3 Å². The molecule has 2 aromatic rings. The Morgan fingerprint density at radius 1 is 1.23 bits per heavy atom. The van der Waals surface area contributed by atoms with Gasteiger partial charge >= 0.3 is 0 Å². The maximum absolute atomic E-state index is 12.8. The highest BCUT2D eigenvalue weighted by Crippen LogP contribution is 2.34. The van der Waals surface area contributed by atoms with E-state index in [1.165, 1.54) is 19.2 Å². The summed E-state index contributed by atoms with van der Waals surface area (Å²) in [6.07, 6.45) is 0.793. The number of benzene rings is 2. The lowest BCUT2D eigenvalue weighted by molar-refractivity contribution is -0.118. The summed E-state index contributed by atoms with van der Waals surface area (Å²) in [7, 11) is -2.17. The van der Waals surface area contributed by atoms with Crippen molar-refractivity contribution in [3.05, 3.63) is 47.0 Å². The van der Waals surface area contributed by atoms with E-state index in [1.807, 2.05) is 6.92 Å². The molecule has 0 bridgehead atoms. The molecular formula is C22H25ClN2O5S. The molecule has 1 atom stereocenters. The van der Waals surface area contributed by atoms with Crippen molar-refractivity contribution in [1.29, 1.82) is 0 Å². The van der Waals surface area contributed by atoms with Crippen LogP contribution in [0.1, 0.15) is 32.3 Å². The van der Waals surface area contributed by atoms with Crippen LogP contribution in [0.3, 0.4) is 0 Å². The zero-order valence-corrected chi connectivity index (χ0v) is 19.2. The van der Waals surface area contributed by atoms with E-state index in [9.17, 15) is 18.0 Å². The summed E-state index contributed by atoms with van der Waals surface area (Å²) in [5.74, 6) is -0.266. The van der Waals surface area contributed by atoms with Crippen molar-refractivity contribution in [2.75, 3.05) is 23.1 Å². The van der Waals surface area contributed by atoms with Crippen LogP contribution in [0.25, 0.3) is 0 Å². The van der Waals surface area contributed by atoms with Crippen LogP contribution in [0.2, 0.25) is 5.02 Å². The summed E-state index contributed by atoms with van der Waals surface area (Å²) in [4.78, 5) is 26.3. The van der Waals surface area contributed by atoms with E-state index in [-0.39, 0.29) is 29.0 Å². The highest BCUT2D eigenvalue weighted by atomic mass is 35.5. The Balaban J connectivity index is 1.67. The number of fused-ring (bicyclic) bond motifs is 1. The Bertz CT molecular complexity index is 1120. The second-order valence-electron chi connectivity index (χ2n) is 7.43. The van der Waals surface area contributed by atoms with Crippen LogP contribution in [-0.2, 0) is 25.8 Å². The van der Waals surface area contributed by atoms with Crippen molar-refractivity contribution in [1.82, 2.24) is 0 Å². The predicted octanol–water partition coefficient (Wildman–Crippen LogP) is 3.84. The van der Waals surface area contributed by atoms with Crippen LogP contribution in [0, 0.1) is 0 Å².